The van der Waals surface area contributed by atoms with Gasteiger partial charge in [-0.15, -0.1) is 5.10 Å². The lowest BCUT2D eigenvalue weighted by Gasteiger charge is -2.26. The molecule has 3 atom stereocenters. The highest BCUT2D eigenvalue weighted by molar-refractivity contribution is 5.97. The maximum absolute atomic E-state index is 13.8. The molecule has 3 unspecified atom stereocenters. The predicted octanol–water partition coefficient (Wildman–Crippen LogP) is 5.29. The number of hydrazone groups is 1. The van der Waals surface area contributed by atoms with Crippen molar-refractivity contribution in [1.29, 1.82) is 0 Å². The fourth-order valence-corrected chi connectivity index (χ4v) is 6.25. The Morgan fingerprint density at radius 2 is 1.85 bits per heavy atom. The van der Waals surface area contributed by atoms with E-state index in [2.05, 4.69) is 10.4 Å². The van der Waals surface area contributed by atoms with Crippen molar-refractivity contribution in [2.45, 2.75) is 71.3 Å². The molecule has 2 N–H and O–H groups in total. The zero-order chi connectivity index (χ0) is 27.7. The Morgan fingerprint density at radius 3 is 2.51 bits per heavy atom. The number of nitrogens with zero attached hydrogens (tertiary/aromatic N) is 2. The van der Waals surface area contributed by atoms with Gasteiger partial charge in [0.25, 0.3) is 5.91 Å². The highest BCUT2D eigenvalue weighted by Crippen LogP contribution is 2.43. The van der Waals surface area contributed by atoms with Crippen molar-refractivity contribution < 1.29 is 24.2 Å². The number of carboxylic acid groups (broad SMARTS) is 1. The van der Waals surface area contributed by atoms with Crippen molar-refractivity contribution in [3.8, 4) is 0 Å². The van der Waals surface area contributed by atoms with Crippen LogP contribution < -0.4 is 5.32 Å². The number of nitrogens with one attached hydrogen (secondary N) is 1. The van der Waals surface area contributed by atoms with Gasteiger partial charge in [-0.2, -0.15) is 0 Å². The first kappa shape index (κ1) is 26.9. The van der Waals surface area contributed by atoms with Crippen LogP contribution >= 0.6 is 0 Å². The molecule has 2 aromatic rings. The molecule has 0 spiro atoms. The summed E-state index contributed by atoms with van der Waals surface area (Å²) in [5.41, 5.74) is 4.54. The molecule has 2 aliphatic carbocycles. The zero-order valence-corrected chi connectivity index (χ0v) is 22.9. The first-order chi connectivity index (χ1) is 18.7. The van der Waals surface area contributed by atoms with Crippen LogP contribution in [0.25, 0.3) is 0 Å². The second-order valence-electron chi connectivity index (χ2n) is 11.4. The first-order valence-corrected chi connectivity index (χ1v) is 14.0. The van der Waals surface area contributed by atoms with Crippen LogP contribution in [0, 0.1) is 17.8 Å². The average molecular weight is 532 g/mol. The molecular formula is C31H37N3O5. The lowest BCUT2D eigenvalue weighted by atomic mass is 9.83. The van der Waals surface area contributed by atoms with Crippen LogP contribution in [0.3, 0.4) is 0 Å². The van der Waals surface area contributed by atoms with E-state index in [1.807, 2.05) is 63.2 Å². The van der Waals surface area contributed by atoms with E-state index in [1.165, 1.54) is 5.01 Å². The van der Waals surface area contributed by atoms with Crippen LogP contribution in [0.2, 0.25) is 0 Å². The van der Waals surface area contributed by atoms with Crippen molar-refractivity contribution in [3.05, 3.63) is 64.7 Å². The lowest BCUT2D eigenvalue weighted by Crippen LogP contribution is -2.37. The number of aliphatic carboxylic acids is 1. The summed E-state index contributed by atoms with van der Waals surface area (Å²) in [6, 6.07) is 13.7. The lowest BCUT2D eigenvalue weighted by molar-refractivity contribution is -0.142. The van der Waals surface area contributed by atoms with Gasteiger partial charge in [0.15, 0.2) is 6.61 Å². The van der Waals surface area contributed by atoms with Gasteiger partial charge in [-0.05, 0) is 59.4 Å². The van der Waals surface area contributed by atoms with Gasteiger partial charge in [0.1, 0.15) is 0 Å². The predicted molar refractivity (Wildman–Crippen MR) is 148 cm³/mol. The zero-order valence-electron chi connectivity index (χ0n) is 22.9. The van der Waals surface area contributed by atoms with Gasteiger partial charge in [0, 0.05) is 11.6 Å². The van der Waals surface area contributed by atoms with Gasteiger partial charge in [0.2, 0.25) is 11.8 Å². The summed E-state index contributed by atoms with van der Waals surface area (Å²) in [4.78, 5) is 38.0. The minimum absolute atomic E-state index is 0.00575. The summed E-state index contributed by atoms with van der Waals surface area (Å²) in [5.74, 6) is -1.00. The van der Waals surface area contributed by atoms with Gasteiger partial charge in [-0.1, -0.05) is 70.0 Å². The van der Waals surface area contributed by atoms with E-state index in [-0.39, 0.29) is 42.1 Å². The molecule has 0 radical (unpaired) electrons. The summed E-state index contributed by atoms with van der Waals surface area (Å²) in [7, 11) is 0. The van der Waals surface area contributed by atoms with Crippen LogP contribution in [-0.2, 0) is 32.1 Å². The molecule has 2 aromatic carbocycles. The number of rotatable bonds is 8. The number of fused-ring (bicyclic) bond motifs is 1. The monoisotopic (exact) mass is 531 g/mol. The number of benzene rings is 2. The fraction of sp³-hybridized carbons (Fsp3) is 0.484. The van der Waals surface area contributed by atoms with Crippen LogP contribution in [-0.4, -0.2) is 40.4 Å². The Hall–Kier alpha value is -3.68. The molecule has 3 aliphatic rings. The molecule has 1 fully saturated rings. The minimum atomic E-state index is -0.801. The van der Waals surface area contributed by atoms with Crippen molar-refractivity contribution in [3.63, 3.8) is 0 Å². The number of carbonyl (C=O) groups is 3. The Kier molecular flexibility index (Phi) is 7.73. The second kappa shape index (κ2) is 11.2. The first-order valence-electron chi connectivity index (χ1n) is 14.0. The number of hydrogen-bond donors (Lipinski definition) is 2. The van der Waals surface area contributed by atoms with Crippen molar-refractivity contribution in [2.24, 2.45) is 22.9 Å². The standard InChI is InChI=1S/C31H37N3O5/c1-18(2)30-33-34(27(35)17-39-30)16-20-11-13-22(14-12-20)28(21-7-4-5-8-21)29(36)32-26-10-6-9-23-19(3)24(31(37)38)15-25(23)26/h6,9-14,18-19,21,24,28H,4-5,7-8,15-17H2,1-3H3,(H,32,36)(H,37,38). The van der Waals surface area contributed by atoms with E-state index in [4.69, 9.17) is 4.74 Å². The van der Waals surface area contributed by atoms with E-state index >= 15 is 0 Å². The Labute approximate surface area is 229 Å². The van der Waals surface area contributed by atoms with Crippen molar-refractivity contribution in [1.82, 2.24) is 5.01 Å². The highest BCUT2D eigenvalue weighted by atomic mass is 16.5. The summed E-state index contributed by atoms with van der Waals surface area (Å²) < 4.78 is 5.44. The maximum atomic E-state index is 13.8. The van der Waals surface area contributed by atoms with Gasteiger partial charge in [-0.3, -0.25) is 14.4 Å². The molecule has 8 nitrogen and oxygen atoms in total. The number of carboxylic acids is 1. The molecule has 1 aliphatic heterocycles. The van der Waals surface area contributed by atoms with Crippen LogP contribution in [0.15, 0.2) is 47.6 Å². The summed E-state index contributed by atoms with van der Waals surface area (Å²) in [6.45, 7) is 6.24. The molecule has 0 bridgehead atoms. The number of ether oxygens (including phenoxy) is 1. The van der Waals surface area contributed by atoms with Crippen LogP contribution in [0.5, 0.6) is 0 Å². The van der Waals surface area contributed by atoms with E-state index in [0.717, 1.165) is 53.6 Å². The Bertz CT molecular complexity index is 1280. The van der Waals surface area contributed by atoms with Crippen molar-refractivity contribution in [2.75, 3.05) is 11.9 Å². The molecule has 206 valence electrons. The normalized spacial score (nSPS) is 21.9. The Balaban J connectivity index is 1.36. The molecule has 8 heteroatoms. The average Bonchev–Trinajstić information content (AvgIpc) is 3.55. The fourth-order valence-electron chi connectivity index (χ4n) is 6.25. The SMILES string of the molecule is CC(C)C1=NN(Cc2ccc(C(C(=O)Nc3cccc4c3CC(C(=O)O)C4C)C3CCCC3)cc2)C(=O)CO1. The Morgan fingerprint density at radius 1 is 1.13 bits per heavy atom. The molecule has 1 saturated carbocycles. The van der Waals surface area contributed by atoms with Crippen molar-refractivity contribution >= 4 is 29.4 Å². The van der Waals surface area contributed by atoms with E-state index in [0.29, 0.717) is 18.9 Å². The maximum Gasteiger partial charge on any atom is 0.307 e. The van der Waals surface area contributed by atoms with E-state index in [1.54, 1.807) is 0 Å². The van der Waals surface area contributed by atoms with E-state index in [9.17, 15) is 19.5 Å². The molecule has 5 rings (SSSR count). The van der Waals surface area contributed by atoms with Gasteiger partial charge in [0.05, 0.1) is 18.4 Å². The number of amides is 2. The summed E-state index contributed by atoms with van der Waals surface area (Å²) >= 11 is 0. The largest absolute Gasteiger partial charge is 0.481 e. The summed E-state index contributed by atoms with van der Waals surface area (Å²) in [5, 5.41) is 18.7. The quantitative estimate of drug-likeness (QED) is 0.481. The van der Waals surface area contributed by atoms with Crippen LogP contribution in [0.1, 0.15) is 80.5 Å². The molecule has 0 saturated heterocycles. The molecular weight excluding hydrogens is 494 g/mol. The summed E-state index contributed by atoms with van der Waals surface area (Å²) in [6.07, 6.45) is 4.65. The number of carbonyl (C=O) groups excluding carboxylic acids is 2. The third-order valence-corrected chi connectivity index (χ3v) is 8.47. The molecule has 39 heavy (non-hydrogen) atoms. The number of anilines is 1. The van der Waals surface area contributed by atoms with E-state index < -0.39 is 11.9 Å². The highest BCUT2D eigenvalue weighted by Gasteiger charge is 2.37. The molecule has 1 heterocycles. The topological polar surface area (TPSA) is 108 Å². The van der Waals surface area contributed by atoms with Gasteiger partial charge in [-0.25, -0.2) is 5.01 Å². The smallest absolute Gasteiger partial charge is 0.307 e. The number of hydrogen-bond acceptors (Lipinski definition) is 5. The third kappa shape index (κ3) is 5.56. The molecule has 0 aromatic heterocycles. The van der Waals surface area contributed by atoms with Gasteiger partial charge < -0.3 is 15.2 Å². The van der Waals surface area contributed by atoms with Gasteiger partial charge >= 0.3 is 5.97 Å². The van der Waals surface area contributed by atoms with Crippen LogP contribution in [0.4, 0.5) is 5.69 Å². The second-order valence-corrected chi connectivity index (χ2v) is 11.4. The minimum Gasteiger partial charge on any atom is -0.481 e. The molecule has 2 amide bonds. The third-order valence-electron chi connectivity index (χ3n) is 8.47.